The molecule has 0 aliphatic rings. The van der Waals surface area contributed by atoms with Crippen LogP contribution in [0.4, 0.5) is 23.5 Å². The van der Waals surface area contributed by atoms with E-state index in [1.807, 2.05) is 26.8 Å². The van der Waals surface area contributed by atoms with E-state index in [0.29, 0.717) is 58.4 Å². The van der Waals surface area contributed by atoms with Gasteiger partial charge in [0, 0.05) is 17.5 Å². The van der Waals surface area contributed by atoms with Gasteiger partial charge in [-0.1, -0.05) is 31.1 Å². The molecule has 0 bridgehead atoms. The van der Waals surface area contributed by atoms with Gasteiger partial charge in [0.25, 0.3) is 0 Å². The normalized spacial score (nSPS) is 11.5. The zero-order chi connectivity index (χ0) is 38.4. The zero-order valence-corrected chi connectivity index (χ0v) is 29.6. The number of methoxy groups -OCH3 is 2. The Balaban J connectivity index is 1.34. The first-order chi connectivity index (χ1) is 26.1. The summed E-state index contributed by atoms with van der Waals surface area (Å²) in [5, 5.41) is 13.0. The monoisotopic (exact) mass is 738 g/mol. The van der Waals surface area contributed by atoms with Crippen LogP contribution in [0.1, 0.15) is 49.6 Å². The average Bonchev–Trinajstić information content (AvgIpc) is 3.87. The first-order valence-electron chi connectivity index (χ1n) is 16.2. The van der Waals surface area contributed by atoms with Crippen molar-refractivity contribution in [2.75, 3.05) is 36.3 Å². The highest BCUT2D eigenvalue weighted by atomic mass is 16.5. The summed E-state index contributed by atoms with van der Waals surface area (Å²) >= 11 is 0. The van der Waals surface area contributed by atoms with Gasteiger partial charge in [0.05, 0.1) is 37.7 Å². The number of anilines is 4. The molecule has 2 aromatic carbocycles. The van der Waals surface area contributed by atoms with E-state index >= 15 is 0 Å². The van der Waals surface area contributed by atoms with Gasteiger partial charge in [-0.2, -0.15) is 19.9 Å². The van der Waals surface area contributed by atoms with Crippen molar-refractivity contribution in [3.63, 3.8) is 0 Å². The number of hydrogen-bond donors (Lipinski definition) is 4. The van der Waals surface area contributed by atoms with Gasteiger partial charge >= 0.3 is 0 Å². The number of rotatable bonds is 16. The lowest BCUT2D eigenvalue weighted by Gasteiger charge is -2.19. The number of amides is 2. The minimum absolute atomic E-state index is 0.00506. The Labute approximate surface area is 306 Å². The minimum Gasteiger partial charge on any atom is -0.496 e. The van der Waals surface area contributed by atoms with Crippen LogP contribution in [0.3, 0.4) is 0 Å². The highest BCUT2D eigenvalue weighted by molar-refractivity contribution is 5.74. The molecule has 278 valence electrons. The smallest absolute Gasteiger partial charge is 0.231 e. The molecular weight excluding hydrogens is 704 g/mol. The molecule has 20 nitrogen and oxygen atoms in total. The summed E-state index contributed by atoms with van der Waals surface area (Å²) in [5.41, 5.74) is 14.3. The van der Waals surface area contributed by atoms with Crippen LogP contribution in [0.15, 0.2) is 52.1 Å². The van der Waals surface area contributed by atoms with Crippen molar-refractivity contribution in [1.82, 2.24) is 40.2 Å². The predicted octanol–water partition coefficient (Wildman–Crippen LogP) is 4.74. The number of nitrogens with zero attached hydrogens (tertiary/aromatic N) is 8. The molecule has 0 aliphatic carbocycles. The minimum atomic E-state index is -0.321. The van der Waals surface area contributed by atoms with Crippen LogP contribution in [0.2, 0.25) is 0 Å². The molecule has 0 aliphatic heterocycles. The van der Waals surface area contributed by atoms with E-state index < -0.39 is 0 Å². The zero-order valence-electron chi connectivity index (χ0n) is 29.6. The van der Waals surface area contributed by atoms with Crippen molar-refractivity contribution in [3.05, 3.63) is 60.1 Å². The first kappa shape index (κ1) is 36.4. The summed E-state index contributed by atoms with van der Waals surface area (Å²) in [6.45, 7) is 5.91. The van der Waals surface area contributed by atoms with Crippen molar-refractivity contribution >= 4 is 36.4 Å². The summed E-state index contributed by atoms with van der Waals surface area (Å²) in [6.07, 6.45) is 5.03. The third kappa shape index (κ3) is 7.76. The second-order valence-corrected chi connectivity index (χ2v) is 11.8. The van der Waals surface area contributed by atoms with Gasteiger partial charge in [-0.3, -0.25) is 14.9 Å². The van der Waals surface area contributed by atoms with Crippen molar-refractivity contribution in [3.8, 4) is 57.3 Å². The quantitative estimate of drug-likeness (QED) is 0.0975. The molecule has 0 saturated heterocycles. The van der Waals surface area contributed by atoms with Crippen molar-refractivity contribution in [2.45, 2.75) is 39.0 Å². The highest BCUT2D eigenvalue weighted by Crippen LogP contribution is 2.43. The van der Waals surface area contributed by atoms with E-state index in [4.69, 9.17) is 44.4 Å². The van der Waals surface area contributed by atoms with Gasteiger partial charge < -0.3 is 44.8 Å². The van der Waals surface area contributed by atoms with Crippen LogP contribution in [0, 0.1) is 0 Å². The Bertz CT molecular complexity index is 2280. The third-order valence-electron chi connectivity index (χ3n) is 7.99. The van der Waals surface area contributed by atoms with Gasteiger partial charge in [0.2, 0.25) is 48.7 Å². The summed E-state index contributed by atoms with van der Waals surface area (Å²) in [6, 6.07) is 6.98. The number of hydrogen-bond acceptors (Lipinski definition) is 18. The molecule has 0 spiro atoms. The van der Waals surface area contributed by atoms with Crippen molar-refractivity contribution < 1.29 is 37.6 Å². The van der Waals surface area contributed by atoms with E-state index in [0.717, 1.165) is 5.56 Å². The summed E-state index contributed by atoms with van der Waals surface area (Å²) < 4.78 is 34.6. The maximum absolute atomic E-state index is 11.2. The lowest BCUT2D eigenvalue weighted by molar-refractivity contribution is -0.106. The fourth-order valence-corrected chi connectivity index (χ4v) is 5.40. The highest BCUT2D eigenvalue weighted by Gasteiger charge is 2.25. The molecule has 0 fully saturated rings. The van der Waals surface area contributed by atoms with E-state index in [1.54, 1.807) is 18.2 Å². The van der Waals surface area contributed by atoms with Crippen LogP contribution in [-0.4, -0.2) is 67.3 Å². The largest absolute Gasteiger partial charge is 0.496 e. The van der Waals surface area contributed by atoms with E-state index in [1.165, 1.54) is 33.0 Å². The van der Waals surface area contributed by atoms with Crippen molar-refractivity contribution in [1.29, 1.82) is 0 Å². The molecule has 20 heteroatoms. The SMILES string of the molecule is COc1cc(C(C)Cc2nc(-c3cc(Oc4cnc(N)nc4NC=O)c(C(C)C)cc3OC)no2)c(Oc2cnc(NC=O)nc2N)cc1-c1ncon1. The van der Waals surface area contributed by atoms with Gasteiger partial charge in [0.15, 0.2) is 23.1 Å². The molecule has 6 aromatic rings. The third-order valence-corrected chi connectivity index (χ3v) is 7.99. The number of aromatic nitrogens is 8. The van der Waals surface area contributed by atoms with Crippen molar-refractivity contribution in [2.24, 2.45) is 0 Å². The molecule has 6 rings (SSSR count). The fourth-order valence-electron chi connectivity index (χ4n) is 5.40. The average molecular weight is 739 g/mol. The number of ether oxygens (including phenoxy) is 4. The standard InChI is InChI=1S/C34H34N12O8/c1-16(2)18-7-22(49-4)21(10-24(18)53-27-12-37-33(36)44-32(27)39-13-47)31-42-28(54-46-31)6-17(3)19-8-23(50-5)20(30-41-15-51-45-30)9-25(19)52-26-11-38-34(40-14-48)43-29(26)35/h7-17H,6H2,1-5H3,(H3,35,38,40,43,48)(H3,36,37,39,44,47). The number of nitrogens with two attached hydrogens (primary N) is 2. The number of carbonyl (C=O) groups is 2. The maximum Gasteiger partial charge on any atom is 0.231 e. The summed E-state index contributed by atoms with van der Waals surface area (Å²) in [5.74, 6) is 2.44. The Morgan fingerprint density at radius 2 is 1.41 bits per heavy atom. The predicted molar refractivity (Wildman–Crippen MR) is 191 cm³/mol. The van der Waals surface area contributed by atoms with E-state index in [9.17, 15) is 9.59 Å². The molecule has 4 aromatic heterocycles. The number of benzene rings is 2. The maximum atomic E-state index is 11.2. The molecule has 4 heterocycles. The van der Waals surface area contributed by atoms with Gasteiger partial charge in [-0.25, -0.2) is 9.97 Å². The molecule has 54 heavy (non-hydrogen) atoms. The van der Waals surface area contributed by atoms with Gasteiger partial charge in [0.1, 0.15) is 23.0 Å². The summed E-state index contributed by atoms with van der Waals surface area (Å²) in [7, 11) is 3.04. The first-order valence-corrected chi connectivity index (χ1v) is 16.2. The van der Waals surface area contributed by atoms with E-state index in [2.05, 4.69) is 45.9 Å². The number of nitrogens with one attached hydrogen (secondary N) is 2. The van der Waals surface area contributed by atoms with Gasteiger partial charge in [-0.05, 0) is 36.1 Å². The number of carbonyl (C=O) groups excluding carboxylic acids is 2. The second-order valence-electron chi connectivity index (χ2n) is 11.8. The Morgan fingerprint density at radius 1 is 0.741 bits per heavy atom. The topological polar surface area (TPSA) is 277 Å². The molecule has 0 saturated carbocycles. The van der Waals surface area contributed by atoms with Crippen LogP contribution in [0.25, 0.3) is 22.8 Å². The lowest BCUT2D eigenvalue weighted by atomic mass is 9.94. The second kappa shape index (κ2) is 15.9. The van der Waals surface area contributed by atoms with Crippen LogP contribution in [0.5, 0.6) is 34.5 Å². The molecule has 1 atom stereocenters. The summed E-state index contributed by atoms with van der Waals surface area (Å²) in [4.78, 5) is 47.2. The Morgan fingerprint density at radius 3 is 2.06 bits per heavy atom. The van der Waals surface area contributed by atoms with Crippen LogP contribution in [-0.2, 0) is 16.0 Å². The van der Waals surface area contributed by atoms with Gasteiger partial charge in [-0.15, -0.1) is 0 Å². The van der Waals surface area contributed by atoms with Crippen LogP contribution >= 0.6 is 0 Å². The molecule has 6 N–H and O–H groups in total. The fraction of sp³-hybridized carbons (Fsp3) is 0.235. The Hall–Kier alpha value is -7.38. The molecule has 0 radical (unpaired) electrons. The number of nitrogen functional groups attached to an aromatic ring is 2. The molecule has 1 unspecified atom stereocenters. The van der Waals surface area contributed by atoms with E-state index in [-0.39, 0.29) is 64.9 Å². The molecular formula is C34H34N12O8. The van der Waals surface area contributed by atoms with Crippen LogP contribution < -0.4 is 41.0 Å². The lowest BCUT2D eigenvalue weighted by Crippen LogP contribution is -2.06. The molecule has 2 amide bonds. The Kier molecular flexibility index (Phi) is 10.7.